The highest BCUT2D eigenvalue weighted by Crippen LogP contribution is 2.13. The molecule has 0 saturated carbocycles. The van der Waals surface area contributed by atoms with Gasteiger partial charge in [0.05, 0.1) is 6.42 Å². The molecule has 39 heavy (non-hydrogen) atoms. The maximum Gasteiger partial charge on any atom is 0.347 e. The molecule has 2 rings (SSSR count). The van der Waals surface area contributed by atoms with Crippen molar-refractivity contribution >= 4 is 23.9 Å². The normalized spacial score (nSPS) is 11.9. The maximum atomic E-state index is 12.2. The second-order valence-electron chi connectivity index (χ2n) is 8.62. The van der Waals surface area contributed by atoms with E-state index in [9.17, 15) is 19.2 Å². The molecule has 2 atom stereocenters. The third-order valence-corrected chi connectivity index (χ3v) is 5.14. The van der Waals surface area contributed by atoms with Crippen molar-refractivity contribution in [3.63, 3.8) is 0 Å². The Morgan fingerprint density at radius 2 is 1.08 bits per heavy atom. The minimum Gasteiger partial charge on any atom is -0.490 e. The fourth-order valence-electron chi connectivity index (χ4n) is 2.93. The summed E-state index contributed by atoms with van der Waals surface area (Å²) >= 11 is 0. The summed E-state index contributed by atoms with van der Waals surface area (Å²) in [7, 11) is 0. The second kappa shape index (κ2) is 15.8. The van der Waals surface area contributed by atoms with Gasteiger partial charge in [0, 0.05) is 5.57 Å². The van der Waals surface area contributed by atoms with Crippen LogP contribution in [0.1, 0.15) is 31.4 Å². The van der Waals surface area contributed by atoms with Gasteiger partial charge in [0.2, 0.25) is 0 Å². The van der Waals surface area contributed by atoms with Crippen LogP contribution < -0.4 is 9.47 Å². The molecule has 0 spiro atoms. The summed E-state index contributed by atoms with van der Waals surface area (Å²) in [5, 5.41) is 0. The first kappa shape index (κ1) is 30.9. The number of carbonyl (C=O) groups excluding carboxylic acids is 4. The molecule has 0 amide bonds. The van der Waals surface area contributed by atoms with E-state index in [4.69, 9.17) is 28.4 Å². The molecule has 0 aliphatic carbocycles. The van der Waals surface area contributed by atoms with E-state index < -0.39 is 42.5 Å². The number of hydrogen-bond donors (Lipinski definition) is 0. The van der Waals surface area contributed by atoms with Crippen molar-refractivity contribution in [1.82, 2.24) is 0 Å². The molecule has 2 aromatic rings. The topological polar surface area (TPSA) is 124 Å². The van der Waals surface area contributed by atoms with Crippen LogP contribution in [0, 0.1) is 13.8 Å². The molecule has 0 fully saturated rings. The first-order valence-electron chi connectivity index (χ1n) is 12.4. The van der Waals surface area contributed by atoms with E-state index in [1.54, 1.807) is 24.3 Å². The Morgan fingerprint density at radius 3 is 1.51 bits per heavy atom. The average molecular weight is 543 g/mol. The Labute approximate surface area is 227 Å². The third kappa shape index (κ3) is 11.7. The predicted molar refractivity (Wildman–Crippen MR) is 140 cm³/mol. The zero-order chi connectivity index (χ0) is 28.8. The van der Waals surface area contributed by atoms with Gasteiger partial charge in [-0.15, -0.1) is 0 Å². The highest BCUT2D eigenvalue weighted by molar-refractivity contribution is 5.95. The fraction of sp³-hybridized carbons (Fsp3) is 0.379. The van der Waals surface area contributed by atoms with Gasteiger partial charge in [-0.2, -0.15) is 0 Å². The van der Waals surface area contributed by atoms with E-state index in [0.717, 1.165) is 11.1 Å². The van der Waals surface area contributed by atoms with Gasteiger partial charge in [-0.1, -0.05) is 42.0 Å². The number of carbonyl (C=O) groups is 4. The zero-order valence-corrected chi connectivity index (χ0v) is 22.6. The van der Waals surface area contributed by atoms with Crippen molar-refractivity contribution in [3.05, 3.63) is 71.8 Å². The molecule has 0 aromatic heterocycles. The van der Waals surface area contributed by atoms with Crippen LogP contribution in [0.5, 0.6) is 11.5 Å². The molecular weight excluding hydrogens is 508 g/mol. The fourth-order valence-corrected chi connectivity index (χ4v) is 2.93. The van der Waals surface area contributed by atoms with E-state index in [2.05, 4.69) is 6.58 Å². The number of esters is 4. The number of hydrogen-bond acceptors (Lipinski definition) is 10. The summed E-state index contributed by atoms with van der Waals surface area (Å²) in [4.78, 5) is 48.4. The molecule has 2 aromatic carbocycles. The molecule has 210 valence electrons. The number of ether oxygens (including phenoxy) is 6. The highest BCUT2D eigenvalue weighted by Gasteiger charge is 2.24. The van der Waals surface area contributed by atoms with Crippen LogP contribution in [0.25, 0.3) is 0 Å². The Hall–Kier alpha value is -4.34. The van der Waals surface area contributed by atoms with Gasteiger partial charge in [-0.25, -0.2) is 14.4 Å². The molecule has 10 nitrogen and oxygen atoms in total. The minimum absolute atomic E-state index is 0.0420. The van der Waals surface area contributed by atoms with E-state index in [0.29, 0.717) is 11.5 Å². The van der Waals surface area contributed by atoms with Crippen molar-refractivity contribution in [1.29, 1.82) is 0 Å². The Balaban J connectivity index is 1.62. The second-order valence-corrected chi connectivity index (χ2v) is 8.62. The molecule has 0 N–H and O–H groups in total. The van der Waals surface area contributed by atoms with Crippen molar-refractivity contribution in [3.8, 4) is 11.5 Å². The lowest BCUT2D eigenvalue weighted by atomic mass is 10.2. The van der Waals surface area contributed by atoms with Gasteiger partial charge < -0.3 is 28.4 Å². The van der Waals surface area contributed by atoms with E-state index >= 15 is 0 Å². The van der Waals surface area contributed by atoms with Gasteiger partial charge in [-0.05, 0) is 52.0 Å². The summed E-state index contributed by atoms with van der Waals surface area (Å²) in [5.41, 5.74) is 1.93. The van der Waals surface area contributed by atoms with Crippen molar-refractivity contribution in [2.75, 3.05) is 26.4 Å². The Bertz CT molecular complexity index is 1120. The first-order valence-corrected chi connectivity index (χ1v) is 12.4. The lowest BCUT2D eigenvalue weighted by molar-refractivity contribution is -0.168. The smallest absolute Gasteiger partial charge is 0.347 e. The lowest BCUT2D eigenvalue weighted by Crippen LogP contribution is -2.30. The standard InChI is InChI=1S/C29H34O10/c1-19-6-10-24(11-7-19)34-14-16-36-28(32)22(4)38-26(30)18-21(3)27(31)39-23(5)29(33)37-17-15-35-25-12-8-20(2)9-13-25/h6-13,22-23H,3,14-18H2,1-2,4-5H3. The number of benzene rings is 2. The van der Waals surface area contributed by atoms with Crippen molar-refractivity contribution < 1.29 is 47.6 Å². The van der Waals surface area contributed by atoms with Gasteiger partial charge in [0.15, 0.2) is 12.2 Å². The van der Waals surface area contributed by atoms with Crippen LogP contribution in [0.15, 0.2) is 60.7 Å². The van der Waals surface area contributed by atoms with E-state index in [1.807, 2.05) is 38.1 Å². The summed E-state index contributed by atoms with van der Waals surface area (Å²) in [6.07, 6.45) is -2.99. The number of aryl methyl sites for hydroxylation is 2. The molecular formula is C29H34O10. The van der Waals surface area contributed by atoms with Crippen LogP contribution in [0.3, 0.4) is 0 Å². The van der Waals surface area contributed by atoms with Crippen LogP contribution in [0.2, 0.25) is 0 Å². The summed E-state index contributed by atoms with van der Waals surface area (Å²) in [5.74, 6) is -2.15. The van der Waals surface area contributed by atoms with E-state index in [-0.39, 0.29) is 32.0 Å². The van der Waals surface area contributed by atoms with Crippen molar-refractivity contribution in [2.24, 2.45) is 0 Å². The molecule has 10 heteroatoms. The Morgan fingerprint density at radius 1 is 0.667 bits per heavy atom. The third-order valence-electron chi connectivity index (χ3n) is 5.14. The number of rotatable bonds is 15. The lowest BCUT2D eigenvalue weighted by Gasteiger charge is -2.15. The maximum absolute atomic E-state index is 12.2. The van der Waals surface area contributed by atoms with Gasteiger partial charge in [0.25, 0.3) is 0 Å². The molecule has 0 aliphatic heterocycles. The van der Waals surface area contributed by atoms with Gasteiger partial charge in [-0.3, -0.25) is 4.79 Å². The average Bonchev–Trinajstić information content (AvgIpc) is 2.90. The monoisotopic (exact) mass is 542 g/mol. The van der Waals surface area contributed by atoms with Crippen LogP contribution >= 0.6 is 0 Å². The summed E-state index contributed by atoms with van der Waals surface area (Å²) in [6, 6.07) is 14.8. The van der Waals surface area contributed by atoms with Crippen molar-refractivity contribution in [2.45, 2.75) is 46.3 Å². The van der Waals surface area contributed by atoms with Crippen LogP contribution in [-0.2, 0) is 38.1 Å². The van der Waals surface area contributed by atoms with Gasteiger partial charge >= 0.3 is 23.9 Å². The largest absolute Gasteiger partial charge is 0.490 e. The molecule has 0 bridgehead atoms. The predicted octanol–water partition coefficient (Wildman–Crippen LogP) is 3.66. The molecule has 2 unspecified atom stereocenters. The van der Waals surface area contributed by atoms with E-state index in [1.165, 1.54) is 13.8 Å². The molecule has 0 heterocycles. The van der Waals surface area contributed by atoms with Gasteiger partial charge in [0.1, 0.15) is 37.9 Å². The molecule has 0 radical (unpaired) electrons. The zero-order valence-electron chi connectivity index (χ0n) is 22.6. The first-order chi connectivity index (χ1) is 18.5. The SMILES string of the molecule is C=C(CC(=O)OC(C)C(=O)OCCOc1ccc(C)cc1)C(=O)OC(C)C(=O)OCCOc1ccc(C)cc1. The van der Waals surface area contributed by atoms with Crippen LogP contribution in [0.4, 0.5) is 0 Å². The molecule has 0 saturated heterocycles. The minimum atomic E-state index is -1.24. The highest BCUT2D eigenvalue weighted by atomic mass is 16.6. The Kier molecular flexibility index (Phi) is 12.5. The van der Waals surface area contributed by atoms with Crippen LogP contribution in [-0.4, -0.2) is 62.5 Å². The summed E-state index contributed by atoms with van der Waals surface area (Å²) < 4.78 is 31.0. The summed E-state index contributed by atoms with van der Waals surface area (Å²) in [6.45, 7) is 10.2. The molecule has 0 aliphatic rings. The quantitative estimate of drug-likeness (QED) is 0.143.